The van der Waals surface area contributed by atoms with Crippen molar-refractivity contribution in [3.8, 4) is 0 Å². The van der Waals surface area contributed by atoms with E-state index in [4.69, 9.17) is 0 Å². The zero-order valence-corrected chi connectivity index (χ0v) is 13.0. The Kier molecular flexibility index (Phi) is 5.67. The number of aryl methyl sites for hydroxylation is 2. The molecule has 1 saturated carbocycles. The fourth-order valence-electron chi connectivity index (χ4n) is 2.86. The second kappa shape index (κ2) is 7.50. The Bertz CT molecular complexity index is 450. The van der Waals surface area contributed by atoms with E-state index in [0.29, 0.717) is 0 Å². The highest BCUT2D eigenvalue weighted by Crippen LogP contribution is 2.18. The maximum absolute atomic E-state index is 11.9. The highest BCUT2D eigenvalue weighted by Gasteiger charge is 2.21. The van der Waals surface area contributed by atoms with E-state index in [9.17, 15) is 9.90 Å². The maximum atomic E-state index is 11.9. The topological polar surface area (TPSA) is 66.3 Å². The predicted octanol–water partition coefficient (Wildman–Crippen LogP) is 1.95. The van der Waals surface area contributed by atoms with Crippen LogP contribution in [-0.2, 0) is 13.5 Å². The molecule has 1 aliphatic carbocycles. The lowest BCUT2D eigenvalue weighted by Crippen LogP contribution is -2.47. The number of hydrogen-bond donors (Lipinski definition) is 3. The molecule has 3 N–H and O–H groups in total. The number of hydrogen-bond acceptors (Lipinski definition) is 2. The molecule has 1 atom stereocenters. The van der Waals surface area contributed by atoms with E-state index >= 15 is 0 Å². The van der Waals surface area contributed by atoms with Gasteiger partial charge in [0.15, 0.2) is 0 Å². The largest absolute Gasteiger partial charge is 0.393 e. The van der Waals surface area contributed by atoms with E-state index in [-0.39, 0.29) is 24.2 Å². The molecule has 1 fully saturated rings. The maximum Gasteiger partial charge on any atom is 0.315 e. The number of aliphatic hydroxyl groups is 1. The minimum absolute atomic E-state index is 0.0872. The number of nitrogens with zero attached hydrogens (tertiary/aromatic N) is 1. The Labute approximate surface area is 126 Å². The number of nitrogens with one attached hydrogen (secondary N) is 2. The van der Waals surface area contributed by atoms with Crippen LogP contribution in [0.3, 0.4) is 0 Å². The standard InChI is InChI=1S/C16H27N3O2/c1-12(5-8-14-4-3-11-19(14)2)17-16(21)18-13-6-9-15(20)10-7-13/h3-4,11-13,15,20H,5-10H2,1-2H3,(H2,17,18,21). The number of urea groups is 1. The van der Waals surface area contributed by atoms with Crippen molar-refractivity contribution in [2.45, 2.75) is 63.6 Å². The molecule has 0 aliphatic heterocycles. The van der Waals surface area contributed by atoms with E-state index in [1.165, 1.54) is 5.69 Å². The summed E-state index contributed by atoms with van der Waals surface area (Å²) in [6.07, 6.45) is 7.04. The second-order valence-electron chi connectivity index (χ2n) is 6.17. The van der Waals surface area contributed by atoms with Crippen molar-refractivity contribution >= 4 is 6.03 Å². The molecule has 5 nitrogen and oxygen atoms in total. The van der Waals surface area contributed by atoms with E-state index < -0.39 is 0 Å². The van der Waals surface area contributed by atoms with E-state index in [2.05, 4.69) is 21.3 Å². The van der Waals surface area contributed by atoms with Gasteiger partial charge in [0.25, 0.3) is 0 Å². The van der Waals surface area contributed by atoms with Gasteiger partial charge in [0.05, 0.1) is 6.10 Å². The van der Waals surface area contributed by atoms with Gasteiger partial charge in [-0.1, -0.05) is 0 Å². The van der Waals surface area contributed by atoms with Gasteiger partial charge in [-0.25, -0.2) is 4.79 Å². The van der Waals surface area contributed by atoms with Gasteiger partial charge in [0.2, 0.25) is 0 Å². The summed E-state index contributed by atoms with van der Waals surface area (Å²) in [6, 6.07) is 4.41. The van der Waals surface area contributed by atoms with Crippen molar-refractivity contribution in [2.75, 3.05) is 0 Å². The van der Waals surface area contributed by atoms with Crippen LogP contribution in [0, 0.1) is 0 Å². The van der Waals surface area contributed by atoms with E-state index in [1.54, 1.807) is 0 Å². The number of aliphatic hydroxyl groups excluding tert-OH is 1. The first-order valence-corrected chi connectivity index (χ1v) is 7.90. The third kappa shape index (κ3) is 5.08. The minimum atomic E-state index is -0.185. The summed E-state index contributed by atoms with van der Waals surface area (Å²) < 4.78 is 2.11. The van der Waals surface area contributed by atoms with Gasteiger partial charge < -0.3 is 20.3 Å². The quantitative estimate of drug-likeness (QED) is 0.777. The second-order valence-corrected chi connectivity index (χ2v) is 6.17. The van der Waals surface area contributed by atoms with Crippen molar-refractivity contribution in [2.24, 2.45) is 7.05 Å². The lowest BCUT2D eigenvalue weighted by atomic mass is 9.93. The van der Waals surface area contributed by atoms with Crippen LogP contribution >= 0.6 is 0 Å². The van der Waals surface area contributed by atoms with Gasteiger partial charge in [-0.05, 0) is 57.6 Å². The molecule has 1 aromatic rings. The Morgan fingerprint density at radius 3 is 2.76 bits per heavy atom. The Morgan fingerprint density at radius 2 is 2.14 bits per heavy atom. The molecule has 0 aromatic carbocycles. The highest BCUT2D eigenvalue weighted by atomic mass is 16.3. The van der Waals surface area contributed by atoms with Crippen LogP contribution in [0.25, 0.3) is 0 Å². The first-order chi connectivity index (χ1) is 10.0. The minimum Gasteiger partial charge on any atom is -0.393 e. The monoisotopic (exact) mass is 293 g/mol. The van der Waals surface area contributed by atoms with Gasteiger partial charge in [0, 0.05) is 31.0 Å². The van der Waals surface area contributed by atoms with Crippen molar-refractivity contribution < 1.29 is 9.90 Å². The number of carbonyl (C=O) groups excluding carboxylic acids is 1. The molecular weight excluding hydrogens is 266 g/mol. The van der Waals surface area contributed by atoms with Gasteiger partial charge in [-0.3, -0.25) is 0 Å². The molecule has 1 unspecified atom stereocenters. The van der Waals surface area contributed by atoms with Crippen molar-refractivity contribution in [1.82, 2.24) is 15.2 Å². The fraction of sp³-hybridized carbons (Fsp3) is 0.688. The molecule has 1 heterocycles. The van der Waals surface area contributed by atoms with Crippen LogP contribution < -0.4 is 10.6 Å². The molecule has 118 valence electrons. The highest BCUT2D eigenvalue weighted by molar-refractivity contribution is 5.74. The third-order valence-electron chi connectivity index (χ3n) is 4.29. The number of amides is 2. The number of carbonyl (C=O) groups is 1. The van der Waals surface area contributed by atoms with E-state index in [1.807, 2.05) is 26.2 Å². The number of rotatable bonds is 5. The fourth-order valence-corrected chi connectivity index (χ4v) is 2.86. The SMILES string of the molecule is CC(CCc1cccn1C)NC(=O)NC1CCC(O)CC1. The molecule has 1 aromatic heterocycles. The molecule has 21 heavy (non-hydrogen) atoms. The lowest BCUT2D eigenvalue weighted by molar-refractivity contribution is 0.117. The van der Waals surface area contributed by atoms with Crippen molar-refractivity contribution in [3.05, 3.63) is 24.0 Å². The van der Waals surface area contributed by atoms with Crippen LogP contribution in [0.5, 0.6) is 0 Å². The molecule has 5 heteroatoms. The summed E-state index contributed by atoms with van der Waals surface area (Å²) >= 11 is 0. The molecular formula is C16H27N3O2. The summed E-state index contributed by atoms with van der Waals surface area (Å²) in [5, 5.41) is 15.5. The van der Waals surface area contributed by atoms with Crippen molar-refractivity contribution in [1.29, 1.82) is 0 Å². The summed E-state index contributed by atoms with van der Waals surface area (Å²) in [7, 11) is 2.04. The molecule has 2 amide bonds. The Balaban J connectivity index is 1.66. The summed E-state index contributed by atoms with van der Waals surface area (Å²) in [4.78, 5) is 11.9. The molecule has 0 bridgehead atoms. The normalized spacial score (nSPS) is 23.6. The smallest absolute Gasteiger partial charge is 0.315 e. The molecule has 0 saturated heterocycles. The van der Waals surface area contributed by atoms with Crippen molar-refractivity contribution in [3.63, 3.8) is 0 Å². The van der Waals surface area contributed by atoms with Crippen LogP contribution in [0.4, 0.5) is 4.79 Å². The molecule has 0 spiro atoms. The van der Waals surface area contributed by atoms with Gasteiger partial charge in [0.1, 0.15) is 0 Å². The first kappa shape index (κ1) is 15.9. The van der Waals surface area contributed by atoms with Gasteiger partial charge >= 0.3 is 6.03 Å². The zero-order chi connectivity index (χ0) is 15.2. The summed E-state index contributed by atoms with van der Waals surface area (Å²) in [5.41, 5.74) is 1.28. The average molecular weight is 293 g/mol. The average Bonchev–Trinajstić information content (AvgIpc) is 2.84. The van der Waals surface area contributed by atoms with Crippen LogP contribution in [-0.4, -0.2) is 33.9 Å². The molecule has 0 radical (unpaired) electrons. The zero-order valence-electron chi connectivity index (χ0n) is 13.0. The summed E-state index contributed by atoms with van der Waals surface area (Å²) in [5.74, 6) is 0. The van der Waals surface area contributed by atoms with Gasteiger partial charge in [-0.15, -0.1) is 0 Å². The Hall–Kier alpha value is -1.49. The summed E-state index contributed by atoms with van der Waals surface area (Å²) in [6.45, 7) is 2.03. The predicted molar refractivity (Wildman–Crippen MR) is 83.1 cm³/mol. The molecule has 1 aliphatic rings. The third-order valence-corrected chi connectivity index (χ3v) is 4.29. The van der Waals surface area contributed by atoms with Crippen LogP contribution in [0.2, 0.25) is 0 Å². The Morgan fingerprint density at radius 1 is 1.43 bits per heavy atom. The van der Waals surface area contributed by atoms with E-state index in [0.717, 1.165) is 38.5 Å². The van der Waals surface area contributed by atoms with Crippen LogP contribution in [0.15, 0.2) is 18.3 Å². The van der Waals surface area contributed by atoms with Crippen LogP contribution in [0.1, 0.15) is 44.7 Å². The first-order valence-electron chi connectivity index (χ1n) is 7.90. The molecule has 2 rings (SSSR count). The van der Waals surface area contributed by atoms with Gasteiger partial charge in [-0.2, -0.15) is 0 Å². The number of aromatic nitrogens is 1. The lowest BCUT2D eigenvalue weighted by Gasteiger charge is -2.27.